The Morgan fingerprint density at radius 3 is 2.71 bits per heavy atom. The van der Waals surface area contributed by atoms with Crippen LogP contribution in [-0.2, 0) is 28.4 Å². The number of piperidine rings is 1. The summed E-state index contributed by atoms with van der Waals surface area (Å²) in [6.45, 7) is 3.12. The van der Waals surface area contributed by atoms with E-state index in [1.54, 1.807) is 28.9 Å². The van der Waals surface area contributed by atoms with E-state index in [-0.39, 0.29) is 10.9 Å². The van der Waals surface area contributed by atoms with E-state index in [1.165, 1.54) is 16.9 Å². The Hall–Kier alpha value is -2.20. The lowest BCUT2D eigenvalue weighted by Crippen LogP contribution is -2.53. The van der Waals surface area contributed by atoms with Crippen molar-refractivity contribution >= 4 is 21.7 Å². The predicted octanol–water partition coefficient (Wildman–Crippen LogP) is 0.110. The van der Waals surface area contributed by atoms with Crippen molar-refractivity contribution in [3.05, 3.63) is 24.5 Å². The molecule has 1 N–H and O–H groups in total. The molecule has 1 aliphatic rings. The summed E-state index contributed by atoms with van der Waals surface area (Å²) in [6.07, 6.45) is 4.21. The zero-order chi connectivity index (χ0) is 17.3. The molecule has 0 bridgehead atoms. The van der Waals surface area contributed by atoms with Crippen molar-refractivity contribution in [1.29, 1.82) is 0 Å². The summed E-state index contributed by atoms with van der Waals surface area (Å²) in [7, 11) is -2.26. The molecule has 1 aliphatic heterocycles. The first kappa shape index (κ1) is 16.7. The summed E-state index contributed by atoms with van der Waals surface area (Å²) in [5.74, 6) is 0.425. The van der Waals surface area contributed by atoms with Crippen molar-refractivity contribution in [3.8, 4) is 0 Å². The van der Waals surface area contributed by atoms with Crippen LogP contribution < -0.4 is 9.62 Å². The van der Waals surface area contributed by atoms with E-state index in [0.717, 1.165) is 0 Å². The Balaban J connectivity index is 1.82. The molecule has 10 heteroatoms. The minimum absolute atomic E-state index is 0.0334. The average Bonchev–Trinajstić information content (AvgIpc) is 3.18. The number of hydrogen-bond donors (Lipinski definition) is 1. The first-order valence-electron chi connectivity index (χ1n) is 7.77. The summed E-state index contributed by atoms with van der Waals surface area (Å²) < 4.78 is 30.5. The van der Waals surface area contributed by atoms with Crippen LogP contribution >= 0.6 is 0 Å². The molecular formula is C14H20N6O3S. The molecule has 130 valence electrons. The van der Waals surface area contributed by atoms with Crippen molar-refractivity contribution in [1.82, 2.24) is 24.3 Å². The smallest absolute Gasteiger partial charge is 0.258 e. The number of aryl methyl sites for hydroxylation is 2. The van der Waals surface area contributed by atoms with E-state index < -0.39 is 16.1 Å². The van der Waals surface area contributed by atoms with Crippen molar-refractivity contribution in [2.45, 2.75) is 37.4 Å². The summed E-state index contributed by atoms with van der Waals surface area (Å²) in [4.78, 5) is 14.4. The molecule has 0 radical (unpaired) electrons. The highest BCUT2D eigenvalue weighted by atomic mass is 32.2. The van der Waals surface area contributed by atoms with Gasteiger partial charge >= 0.3 is 0 Å². The van der Waals surface area contributed by atoms with Crippen LogP contribution in [0.25, 0.3) is 0 Å². The second kappa shape index (κ2) is 6.36. The summed E-state index contributed by atoms with van der Waals surface area (Å²) in [5, 5.41) is 8.07. The van der Waals surface area contributed by atoms with Gasteiger partial charge in [-0.1, -0.05) is 0 Å². The monoisotopic (exact) mass is 352 g/mol. The van der Waals surface area contributed by atoms with Gasteiger partial charge in [0.05, 0.1) is 12.4 Å². The maximum Gasteiger partial charge on any atom is 0.258 e. The third kappa shape index (κ3) is 2.94. The van der Waals surface area contributed by atoms with Crippen LogP contribution in [0.15, 0.2) is 29.6 Å². The van der Waals surface area contributed by atoms with E-state index in [4.69, 9.17) is 0 Å². The number of sulfonamides is 1. The van der Waals surface area contributed by atoms with Gasteiger partial charge in [-0.2, -0.15) is 14.9 Å². The van der Waals surface area contributed by atoms with E-state index in [1.807, 2.05) is 6.92 Å². The first-order chi connectivity index (χ1) is 11.4. The second-order valence-corrected chi connectivity index (χ2v) is 7.27. The van der Waals surface area contributed by atoms with Crippen LogP contribution in [0, 0.1) is 0 Å². The number of nitrogens with zero attached hydrogens (tertiary/aromatic N) is 5. The van der Waals surface area contributed by atoms with Crippen LogP contribution in [0.1, 0.15) is 19.8 Å². The lowest BCUT2D eigenvalue weighted by atomic mass is 10.1. The molecule has 0 aliphatic carbocycles. The molecule has 1 amide bonds. The fourth-order valence-electron chi connectivity index (χ4n) is 2.88. The van der Waals surface area contributed by atoms with Gasteiger partial charge in [-0.3, -0.25) is 14.4 Å². The zero-order valence-corrected chi connectivity index (χ0v) is 14.4. The molecule has 9 nitrogen and oxygen atoms in total. The summed E-state index contributed by atoms with van der Waals surface area (Å²) in [5.41, 5.74) is 0. The largest absolute Gasteiger partial charge is 0.296 e. The minimum Gasteiger partial charge on any atom is -0.296 e. The maximum absolute atomic E-state index is 12.8. The minimum atomic E-state index is -3.81. The number of anilines is 1. The van der Waals surface area contributed by atoms with Crippen LogP contribution in [0.4, 0.5) is 5.82 Å². The highest BCUT2D eigenvalue weighted by molar-refractivity contribution is 7.89. The Labute approximate surface area is 140 Å². The molecule has 0 saturated carbocycles. The number of carbonyl (C=O) groups is 1. The summed E-state index contributed by atoms with van der Waals surface area (Å²) >= 11 is 0. The Bertz CT molecular complexity index is 840. The standard InChI is InChI=1S/C14H20N6O3S/c1-3-20-12(6-8-16-20)19-10-4-5-11(14(19)21)17-24(22,23)13-7-9-15-18(13)2/h6-9,11,17H,3-5,10H2,1-2H3/t11-/m0/s1. The number of carbonyl (C=O) groups excluding carboxylic acids is 1. The van der Waals surface area contributed by atoms with Crippen molar-refractivity contribution in [2.75, 3.05) is 11.4 Å². The molecule has 2 aromatic heterocycles. The van der Waals surface area contributed by atoms with E-state index in [2.05, 4.69) is 14.9 Å². The number of rotatable bonds is 5. The number of nitrogens with one attached hydrogen (secondary N) is 1. The van der Waals surface area contributed by atoms with Gasteiger partial charge in [-0.05, 0) is 25.8 Å². The molecule has 0 aromatic carbocycles. The molecule has 0 unspecified atom stereocenters. The topological polar surface area (TPSA) is 102 Å². The quantitative estimate of drug-likeness (QED) is 0.823. The van der Waals surface area contributed by atoms with Crippen molar-refractivity contribution in [3.63, 3.8) is 0 Å². The second-order valence-electron chi connectivity index (χ2n) is 5.60. The van der Waals surface area contributed by atoms with Crippen LogP contribution in [0.5, 0.6) is 0 Å². The zero-order valence-electron chi connectivity index (χ0n) is 13.6. The molecule has 3 rings (SSSR count). The lowest BCUT2D eigenvalue weighted by molar-refractivity contribution is -0.121. The Morgan fingerprint density at radius 2 is 2.04 bits per heavy atom. The lowest BCUT2D eigenvalue weighted by Gasteiger charge is -2.32. The van der Waals surface area contributed by atoms with Gasteiger partial charge in [0.2, 0.25) is 5.91 Å². The fourth-order valence-corrected chi connectivity index (χ4v) is 4.23. The first-order valence-corrected chi connectivity index (χ1v) is 9.26. The van der Waals surface area contributed by atoms with Crippen LogP contribution in [0.3, 0.4) is 0 Å². The third-order valence-corrected chi connectivity index (χ3v) is 5.60. The van der Waals surface area contributed by atoms with Gasteiger partial charge in [0.15, 0.2) is 5.03 Å². The molecule has 0 spiro atoms. The molecule has 1 saturated heterocycles. The van der Waals surface area contributed by atoms with Crippen molar-refractivity contribution < 1.29 is 13.2 Å². The average molecular weight is 352 g/mol. The molecule has 1 atom stereocenters. The highest BCUT2D eigenvalue weighted by Crippen LogP contribution is 2.22. The molecule has 24 heavy (non-hydrogen) atoms. The van der Waals surface area contributed by atoms with Gasteiger partial charge in [0.25, 0.3) is 10.0 Å². The van der Waals surface area contributed by atoms with Crippen LogP contribution in [-0.4, -0.2) is 46.5 Å². The number of amides is 1. The maximum atomic E-state index is 12.8. The number of hydrogen-bond acceptors (Lipinski definition) is 5. The van der Waals surface area contributed by atoms with E-state index >= 15 is 0 Å². The molecular weight excluding hydrogens is 332 g/mol. The van der Waals surface area contributed by atoms with Crippen molar-refractivity contribution in [2.24, 2.45) is 7.05 Å². The predicted molar refractivity (Wildman–Crippen MR) is 86.8 cm³/mol. The summed E-state index contributed by atoms with van der Waals surface area (Å²) in [6, 6.07) is 2.37. The highest BCUT2D eigenvalue weighted by Gasteiger charge is 2.34. The van der Waals surface area contributed by atoms with E-state index in [9.17, 15) is 13.2 Å². The van der Waals surface area contributed by atoms with E-state index in [0.29, 0.717) is 31.7 Å². The normalized spacial score (nSPS) is 19.0. The fraction of sp³-hybridized carbons (Fsp3) is 0.500. The van der Waals surface area contributed by atoms with Gasteiger partial charge in [-0.25, -0.2) is 13.1 Å². The third-order valence-electron chi connectivity index (χ3n) is 4.06. The Kier molecular flexibility index (Phi) is 4.41. The van der Waals surface area contributed by atoms with Gasteiger partial charge in [0.1, 0.15) is 11.9 Å². The Morgan fingerprint density at radius 1 is 1.29 bits per heavy atom. The SMILES string of the molecule is CCn1nccc1N1CCC[C@H](NS(=O)(=O)c2ccnn2C)C1=O. The van der Waals surface area contributed by atoms with Gasteiger partial charge in [0, 0.05) is 26.2 Å². The van der Waals surface area contributed by atoms with Crippen LogP contribution in [0.2, 0.25) is 0 Å². The number of aromatic nitrogens is 4. The van der Waals surface area contributed by atoms with Gasteiger partial charge in [-0.15, -0.1) is 0 Å². The van der Waals surface area contributed by atoms with Gasteiger partial charge < -0.3 is 0 Å². The molecule has 2 aromatic rings. The molecule has 1 fully saturated rings. The molecule has 3 heterocycles.